The molecule has 2 heterocycles. The van der Waals surface area contributed by atoms with E-state index in [1.54, 1.807) is 31.3 Å². The Morgan fingerprint density at radius 2 is 2.31 bits per heavy atom. The van der Waals surface area contributed by atoms with E-state index in [9.17, 15) is 4.79 Å². The first-order chi connectivity index (χ1) is 7.68. The number of carboxylic acid groups (broad SMARTS) is 1. The lowest BCUT2D eigenvalue weighted by atomic mass is 10.2. The summed E-state index contributed by atoms with van der Waals surface area (Å²) in [7, 11) is 0. The summed E-state index contributed by atoms with van der Waals surface area (Å²) in [5, 5.41) is 18.3. The van der Waals surface area contributed by atoms with Crippen molar-refractivity contribution in [2.24, 2.45) is 0 Å². The summed E-state index contributed by atoms with van der Waals surface area (Å²) in [4.78, 5) is 15.0. The predicted octanol–water partition coefficient (Wildman–Crippen LogP) is 1.55. The zero-order valence-electron chi connectivity index (χ0n) is 8.56. The van der Waals surface area contributed by atoms with Gasteiger partial charge in [-0.3, -0.25) is 5.10 Å². The Bertz CT molecular complexity index is 507. The van der Waals surface area contributed by atoms with Crippen LogP contribution in [-0.4, -0.2) is 26.3 Å². The number of rotatable bonds is 3. The molecule has 0 saturated heterocycles. The molecule has 0 aliphatic rings. The van der Waals surface area contributed by atoms with Gasteiger partial charge in [-0.05, 0) is 19.1 Å². The fraction of sp³-hybridized carbons (Fsp3) is 0.100. The van der Waals surface area contributed by atoms with Crippen molar-refractivity contribution >= 4 is 17.6 Å². The van der Waals surface area contributed by atoms with Crippen LogP contribution in [0.3, 0.4) is 0 Å². The second-order valence-corrected chi connectivity index (χ2v) is 3.22. The molecule has 16 heavy (non-hydrogen) atoms. The second kappa shape index (κ2) is 4.01. The topological polar surface area (TPSA) is 90.9 Å². The molecular weight excluding hydrogens is 208 g/mol. The van der Waals surface area contributed by atoms with Gasteiger partial charge in [-0.15, -0.1) is 0 Å². The smallest absolute Gasteiger partial charge is 0.341 e. The first-order valence-corrected chi connectivity index (χ1v) is 4.65. The monoisotopic (exact) mass is 218 g/mol. The number of nitrogens with one attached hydrogen (secondary N) is 2. The lowest BCUT2D eigenvalue weighted by Gasteiger charge is -2.02. The van der Waals surface area contributed by atoms with Crippen molar-refractivity contribution in [1.29, 1.82) is 0 Å². The number of aromatic carboxylic acids is 1. The molecule has 0 aliphatic heterocycles. The Hall–Kier alpha value is -2.37. The number of aromatic nitrogens is 3. The Morgan fingerprint density at radius 3 is 2.94 bits per heavy atom. The highest BCUT2D eigenvalue weighted by Crippen LogP contribution is 2.19. The number of H-pyrrole nitrogens is 1. The normalized spacial score (nSPS) is 10.1. The number of anilines is 2. The third kappa shape index (κ3) is 1.85. The fourth-order valence-corrected chi connectivity index (χ4v) is 1.34. The molecule has 0 amide bonds. The van der Waals surface area contributed by atoms with Crippen molar-refractivity contribution in [2.75, 3.05) is 5.32 Å². The molecule has 0 aliphatic carbocycles. The largest absolute Gasteiger partial charge is 0.477 e. The van der Waals surface area contributed by atoms with Crippen LogP contribution in [0.4, 0.5) is 11.6 Å². The highest BCUT2D eigenvalue weighted by Gasteiger charge is 2.17. The molecule has 0 aromatic carbocycles. The number of carbonyl (C=O) groups is 1. The summed E-state index contributed by atoms with van der Waals surface area (Å²) < 4.78 is 0. The minimum atomic E-state index is -1.02. The maximum Gasteiger partial charge on any atom is 0.341 e. The molecule has 0 spiro atoms. The lowest BCUT2D eigenvalue weighted by molar-refractivity contribution is 0.0697. The van der Waals surface area contributed by atoms with Crippen molar-refractivity contribution in [1.82, 2.24) is 15.2 Å². The van der Waals surface area contributed by atoms with Gasteiger partial charge in [0.1, 0.15) is 11.4 Å². The Labute approximate surface area is 91.3 Å². The molecule has 3 N–H and O–H groups in total. The number of aromatic amines is 1. The zero-order chi connectivity index (χ0) is 11.5. The van der Waals surface area contributed by atoms with Crippen LogP contribution in [0.1, 0.15) is 16.1 Å². The van der Waals surface area contributed by atoms with Crippen LogP contribution in [0.25, 0.3) is 0 Å². The third-order valence-electron chi connectivity index (χ3n) is 2.07. The molecule has 0 unspecified atom stereocenters. The standard InChI is InChI=1S/C10H10N4O2/c1-6-8(10(15)16)9(14-13-6)12-7-4-2-3-5-11-7/h2-5H,1H3,(H,15,16)(H2,11,12,13,14). The number of nitrogens with zero attached hydrogens (tertiary/aromatic N) is 2. The molecule has 0 saturated carbocycles. The van der Waals surface area contributed by atoms with Crippen molar-refractivity contribution in [3.63, 3.8) is 0 Å². The van der Waals surface area contributed by atoms with Gasteiger partial charge in [0.15, 0.2) is 5.82 Å². The summed E-state index contributed by atoms with van der Waals surface area (Å²) in [5.74, 6) is -0.204. The van der Waals surface area contributed by atoms with E-state index in [0.29, 0.717) is 11.5 Å². The van der Waals surface area contributed by atoms with Crippen LogP contribution in [0, 0.1) is 6.92 Å². The van der Waals surface area contributed by atoms with Gasteiger partial charge in [-0.2, -0.15) is 5.10 Å². The van der Waals surface area contributed by atoms with Crippen molar-refractivity contribution < 1.29 is 9.90 Å². The maximum atomic E-state index is 11.0. The van der Waals surface area contributed by atoms with Crippen LogP contribution >= 0.6 is 0 Å². The molecule has 0 bridgehead atoms. The van der Waals surface area contributed by atoms with E-state index in [-0.39, 0.29) is 11.4 Å². The fourth-order valence-electron chi connectivity index (χ4n) is 1.34. The molecule has 2 rings (SSSR count). The Kier molecular flexibility index (Phi) is 2.55. The van der Waals surface area contributed by atoms with E-state index in [2.05, 4.69) is 20.5 Å². The van der Waals surface area contributed by atoms with Gasteiger partial charge < -0.3 is 10.4 Å². The van der Waals surface area contributed by atoms with Crippen LogP contribution in [0.2, 0.25) is 0 Å². The number of pyridine rings is 1. The first-order valence-electron chi connectivity index (χ1n) is 4.65. The van der Waals surface area contributed by atoms with E-state index in [1.807, 2.05) is 0 Å². The third-order valence-corrected chi connectivity index (χ3v) is 2.07. The van der Waals surface area contributed by atoms with Gasteiger partial charge in [0.2, 0.25) is 0 Å². The SMILES string of the molecule is Cc1[nH]nc(Nc2ccccn2)c1C(=O)O. The number of hydrogen-bond acceptors (Lipinski definition) is 4. The molecule has 82 valence electrons. The quantitative estimate of drug-likeness (QED) is 0.727. The first kappa shape index (κ1) is 10.2. The van der Waals surface area contributed by atoms with Gasteiger partial charge in [0.05, 0.1) is 0 Å². The summed E-state index contributed by atoms with van der Waals surface area (Å²) in [6, 6.07) is 5.31. The van der Waals surface area contributed by atoms with Crippen molar-refractivity contribution in [2.45, 2.75) is 6.92 Å². The molecule has 6 nitrogen and oxygen atoms in total. The average Bonchev–Trinajstić information content (AvgIpc) is 2.61. The highest BCUT2D eigenvalue weighted by molar-refractivity contribution is 5.95. The predicted molar refractivity (Wildman–Crippen MR) is 57.8 cm³/mol. The number of hydrogen-bond donors (Lipinski definition) is 3. The minimum absolute atomic E-state index is 0.130. The molecule has 0 radical (unpaired) electrons. The lowest BCUT2D eigenvalue weighted by Crippen LogP contribution is -2.02. The van der Waals surface area contributed by atoms with E-state index < -0.39 is 5.97 Å². The Morgan fingerprint density at radius 1 is 1.50 bits per heavy atom. The summed E-state index contributed by atoms with van der Waals surface area (Å²) in [6.45, 7) is 1.65. The molecule has 2 aromatic heterocycles. The average molecular weight is 218 g/mol. The van der Waals surface area contributed by atoms with Crippen molar-refractivity contribution in [3.05, 3.63) is 35.7 Å². The molecule has 2 aromatic rings. The van der Waals surface area contributed by atoms with E-state index in [4.69, 9.17) is 5.11 Å². The van der Waals surface area contributed by atoms with Gasteiger partial charge in [-0.25, -0.2) is 9.78 Å². The Balaban J connectivity index is 2.32. The van der Waals surface area contributed by atoms with Crippen LogP contribution < -0.4 is 5.32 Å². The summed E-state index contributed by atoms with van der Waals surface area (Å²) >= 11 is 0. The second-order valence-electron chi connectivity index (χ2n) is 3.22. The van der Waals surface area contributed by atoms with Crippen LogP contribution in [0.5, 0.6) is 0 Å². The molecular formula is C10H10N4O2. The highest BCUT2D eigenvalue weighted by atomic mass is 16.4. The minimum Gasteiger partial charge on any atom is -0.477 e. The van der Waals surface area contributed by atoms with Crippen molar-refractivity contribution in [3.8, 4) is 0 Å². The van der Waals surface area contributed by atoms with E-state index in [1.165, 1.54) is 0 Å². The molecule has 6 heteroatoms. The zero-order valence-corrected chi connectivity index (χ0v) is 8.56. The van der Waals surface area contributed by atoms with Crippen LogP contribution in [0.15, 0.2) is 24.4 Å². The molecule has 0 fully saturated rings. The summed E-state index contributed by atoms with van der Waals surface area (Å²) in [6.07, 6.45) is 1.61. The maximum absolute atomic E-state index is 11.0. The molecule has 0 atom stereocenters. The van der Waals surface area contributed by atoms with Gasteiger partial charge in [0.25, 0.3) is 0 Å². The summed E-state index contributed by atoms with van der Waals surface area (Å²) in [5.41, 5.74) is 0.636. The number of carboxylic acids is 1. The van der Waals surface area contributed by atoms with E-state index >= 15 is 0 Å². The van der Waals surface area contributed by atoms with Gasteiger partial charge >= 0.3 is 5.97 Å². The van der Waals surface area contributed by atoms with Gasteiger partial charge in [0, 0.05) is 11.9 Å². The van der Waals surface area contributed by atoms with E-state index in [0.717, 1.165) is 0 Å². The van der Waals surface area contributed by atoms with Crippen LogP contribution in [-0.2, 0) is 0 Å². The number of aryl methyl sites for hydroxylation is 1. The van der Waals surface area contributed by atoms with Gasteiger partial charge in [-0.1, -0.05) is 6.07 Å².